The molecule has 1 aromatic carbocycles. The van der Waals surface area contributed by atoms with Gasteiger partial charge in [0.25, 0.3) is 5.91 Å². The lowest BCUT2D eigenvalue weighted by molar-refractivity contribution is 0.0943. The van der Waals surface area contributed by atoms with Gasteiger partial charge in [-0.05, 0) is 18.1 Å². The Labute approximate surface area is 88.6 Å². The van der Waals surface area contributed by atoms with Crippen molar-refractivity contribution in [3.8, 4) is 11.5 Å². The Bertz CT molecular complexity index is 341. The van der Waals surface area contributed by atoms with Crippen molar-refractivity contribution in [3.63, 3.8) is 0 Å². The minimum absolute atomic E-state index is 0.0712. The van der Waals surface area contributed by atoms with Gasteiger partial charge in [0.1, 0.15) is 17.1 Å². The van der Waals surface area contributed by atoms with Crippen molar-refractivity contribution in [1.29, 1.82) is 0 Å². The smallest absolute Gasteiger partial charge is 0.258 e. The Morgan fingerprint density at radius 1 is 1.33 bits per heavy atom. The lowest BCUT2D eigenvalue weighted by atomic mass is 10.1. The quantitative estimate of drug-likeness (QED) is 0.706. The molecule has 0 fully saturated rings. The number of amides is 1. The number of phenolic OH excluding ortho intramolecular Hbond substituents is 2. The molecule has 0 heterocycles. The zero-order valence-electron chi connectivity index (χ0n) is 8.82. The Kier molecular flexibility index (Phi) is 3.55. The van der Waals surface area contributed by atoms with Crippen LogP contribution in [0.5, 0.6) is 11.5 Å². The molecule has 3 N–H and O–H groups in total. The van der Waals surface area contributed by atoms with E-state index >= 15 is 0 Å². The van der Waals surface area contributed by atoms with E-state index in [0.717, 1.165) is 0 Å². The van der Waals surface area contributed by atoms with Gasteiger partial charge in [0.05, 0.1) is 0 Å². The molecule has 0 aliphatic carbocycles. The summed E-state index contributed by atoms with van der Waals surface area (Å²) in [6, 6.07) is 4.21. The summed E-state index contributed by atoms with van der Waals surface area (Å²) in [5.74, 6) is -0.561. The number of hydrogen-bond acceptors (Lipinski definition) is 3. The second kappa shape index (κ2) is 4.68. The molecule has 0 aliphatic heterocycles. The number of benzene rings is 1. The van der Waals surface area contributed by atoms with Crippen LogP contribution in [0.1, 0.15) is 24.2 Å². The molecule has 0 saturated heterocycles. The highest BCUT2D eigenvalue weighted by Gasteiger charge is 2.15. The molecule has 15 heavy (non-hydrogen) atoms. The topological polar surface area (TPSA) is 69.6 Å². The average Bonchev–Trinajstić information content (AvgIpc) is 2.14. The van der Waals surface area contributed by atoms with Crippen molar-refractivity contribution in [1.82, 2.24) is 5.32 Å². The Morgan fingerprint density at radius 3 is 2.33 bits per heavy atom. The summed E-state index contributed by atoms with van der Waals surface area (Å²) in [5, 5.41) is 21.4. The first-order valence-corrected chi connectivity index (χ1v) is 4.81. The van der Waals surface area contributed by atoms with E-state index in [9.17, 15) is 15.0 Å². The monoisotopic (exact) mass is 209 g/mol. The van der Waals surface area contributed by atoms with Gasteiger partial charge >= 0.3 is 0 Å². The molecular formula is C11H15NO3. The Balaban J connectivity index is 2.82. The minimum atomic E-state index is -0.459. The van der Waals surface area contributed by atoms with Crippen LogP contribution >= 0.6 is 0 Å². The van der Waals surface area contributed by atoms with E-state index < -0.39 is 5.91 Å². The first-order chi connectivity index (χ1) is 7.02. The molecule has 0 bridgehead atoms. The Morgan fingerprint density at radius 2 is 1.87 bits per heavy atom. The molecule has 82 valence electrons. The summed E-state index contributed by atoms with van der Waals surface area (Å²) in [6.07, 6.45) is 0. The summed E-state index contributed by atoms with van der Waals surface area (Å²) in [5.41, 5.74) is -0.0712. The molecule has 0 aliphatic rings. The number of carbonyl (C=O) groups is 1. The van der Waals surface area contributed by atoms with Crippen molar-refractivity contribution < 1.29 is 15.0 Å². The largest absolute Gasteiger partial charge is 0.507 e. The number of carbonyl (C=O) groups excluding carboxylic acids is 1. The van der Waals surface area contributed by atoms with Gasteiger partial charge in [-0.2, -0.15) is 0 Å². The molecule has 0 aromatic heterocycles. The molecule has 0 atom stereocenters. The summed E-state index contributed by atoms with van der Waals surface area (Å²) >= 11 is 0. The third kappa shape index (κ3) is 2.87. The lowest BCUT2D eigenvalue weighted by Crippen LogP contribution is -2.27. The highest BCUT2D eigenvalue weighted by molar-refractivity contribution is 5.99. The fourth-order valence-electron chi connectivity index (χ4n) is 1.15. The van der Waals surface area contributed by atoms with Gasteiger partial charge < -0.3 is 15.5 Å². The van der Waals surface area contributed by atoms with Crippen molar-refractivity contribution in [3.05, 3.63) is 23.8 Å². The van der Waals surface area contributed by atoms with Gasteiger partial charge in [-0.3, -0.25) is 4.79 Å². The third-order valence-electron chi connectivity index (χ3n) is 1.92. The van der Waals surface area contributed by atoms with Crippen LogP contribution in [0.25, 0.3) is 0 Å². The summed E-state index contributed by atoms with van der Waals surface area (Å²) in [7, 11) is 0. The molecular weight excluding hydrogens is 194 g/mol. The SMILES string of the molecule is CC(C)CNC(=O)c1c(O)cccc1O. The molecule has 4 heteroatoms. The number of phenols is 2. The predicted octanol–water partition coefficient (Wildman–Crippen LogP) is 1.48. The fourth-order valence-corrected chi connectivity index (χ4v) is 1.15. The molecule has 4 nitrogen and oxygen atoms in total. The molecule has 0 saturated carbocycles. The first kappa shape index (κ1) is 11.4. The van der Waals surface area contributed by atoms with Crippen LogP contribution in [0.15, 0.2) is 18.2 Å². The van der Waals surface area contributed by atoms with Crippen LogP contribution in [0.2, 0.25) is 0 Å². The molecule has 0 spiro atoms. The van der Waals surface area contributed by atoms with E-state index in [2.05, 4.69) is 5.32 Å². The van der Waals surface area contributed by atoms with E-state index in [-0.39, 0.29) is 17.1 Å². The highest BCUT2D eigenvalue weighted by atomic mass is 16.3. The number of hydrogen-bond donors (Lipinski definition) is 3. The molecule has 1 amide bonds. The maximum absolute atomic E-state index is 11.6. The van der Waals surface area contributed by atoms with Gasteiger partial charge in [0.15, 0.2) is 0 Å². The van der Waals surface area contributed by atoms with Crippen LogP contribution in [0.3, 0.4) is 0 Å². The number of nitrogens with one attached hydrogen (secondary N) is 1. The second-order valence-corrected chi connectivity index (χ2v) is 3.78. The van der Waals surface area contributed by atoms with Gasteiger partial charge in [0, 0.05) is 6.54 Å². The van der Waals surface area contributed by atoms with E-state index in [0.29, 0.717) is 12.5 Å². The lowest BCUT2D eigenvalue weighted by Gasteiger charge is -2.09. The van der Waals surface area contributed by atoms with Crippen LogP contribution in [0.4, 0.5) is 0 Å². The van der Waals surface area contributed by atoms with Crippen molar-refractivity contribution in [2.75, 3.05) is 6.54 Å². The van der Waals surface area contributed by atoms with E-state index in [1.54, 1.807) is 0 Å². The van der Waals surface area contributed by atoms with Crippen molar-refractivity contribution in [2.45, 2.75) is 13.8 Å². The standard InChI is InChI=1S/C11H15NO3/c1-7(2)6-12-11(15)10-8(13)4-3-5-9(10)14/h3-5,7,13-14H,6H2,1-2H3,(H,12,15). The molecule has 0 unspecified atom stereocenters. The molecule has 1 rings (SSSR count). The molecule has 0 radical (unpaired) electrons. The van der Waals surface area contributed by atoms with Gasteiger partial charge in [0.2, 0.25) is 0 Å². The van der Waals surface area contributed by atoms with E-state index in [1.165, 1.54) is 18.2 Å². The van der Waals surface area contributed by atoms with Crippen LogP contribution < -0.4 is 5.32 Å². The summed E-state index contributed by atoms with van der Waals surface area (Å²) in [4.78, 5) is 11.6. The summed E-state index contributed by atoms with van der Waals surface area (Å²) in [6.45, 7) is 4.43. The second-order valence-electron chi connectivity index (χ2n) is 3.78. The predicted molar refractivity (Wildman–Crippen MR) is 56.9 cm³/mol. The fraction of sp³-hybridized carbons (Fsp3) is 0.364. The van der Waals surface area contributed by atoms with Crippen molar-refractivity contribution in [2.24, 2.45) is 5.92 Å². The van der Waals surface area contributed by atoms with Gasteiger partial charge in [-0.1, -0.05) is 19.9 Å². The van der Waals surface area contributed by atoms with E-state index in [4.69, 9.17) is 0 Å². The average molecular weight is 209 g/mol. The molecule has 1 aromatic rings. The van der Waals surface area contributed by atoms with Crippen molar-refractivity contribution >= 4 is 5.91 Å². The van der Waals surface area contributed by atoms with Crippen LogP contribution in [-0.4, -0.2) is 22.7 Å². The maximum Gasteiger partial charge on any atom is 0.258 e. The summed E-state index contributed by atoms with van der Waals surface area (Å²) < 4.78 is 0. The van der Waals surface area contributed by atoms with E-state index in [1.807, 2.05) is 13.8 Å². The third-order valence-corrected chi connectivity index (χ3v) is 1.92. The van der Waals surface area contributed by atoms with Gasteiger partial charge in [-0.25, -0.2) is 0 Å². The normalized spacial score (nSPS) is 10.3. The zero-order chi connectivity index (χ0) is 11.4. The van der Waals surface area contributed by atoms with Crippen LogP contribution in [-0.2, 0) is 0 Å². The zero-order valence-corrected chi connectivity index (χ0v) is 8.82. The minimum Gasteiger partial charge on any atom is -0.507 e. The number of aromatic hydroxyl groups is 2. The van der Waals surface area contributed by atoms with Gasteiger partial charge in [-0.15, -0.1) is 0 Å². The number of rotatable bonds is 3. The van der Waals surface area contributed by atoms with Crippen LogP contribution in [0, 0.1) is 5.92 Å². The maximum atomic E-state index is 11.6. The Hall–Kier alpha value is -1.71. The first-order valence-electron chi connectivity index (χ1n) is 4.81. The highest BCUT2D eigenvalue weighted by Crippen LogP contribution is 2.25.